The van der Waals surface area contributed by atoms with Gasteiger partial charge in [0.2, 0.25) is 0 Å². The van der Waals surface area contributed by atoms with E-state index in [0.717, 1.165) is 12.3 Å². The Bertz CT molecular complexity index is 735. The molecule has 0 aliphatic heterocycles. The van der Waals surface area contributed by atoms with Crippen molar-refractivity contribution in [3.8, 4) is 11.8 Å². The summed E-state index contributed by atoms with van der Waals surface area (Å²) < 4.78 is 26.8. The highest BCUT2D eigenvalue weighted by atomic mass is 19.1. The quantitative estimate of drug-likeness (QED) is 0.829. The monoisotopic (exact) mass is 287 g/mol. The number of nitrogens with two attached hydrogens (primary N) is 1. The lowest BCUT2D eigenvalue weighted by molar-refractivity contribution is 0.102. The molecule has 2 rings (SSSR count). The van der Waals surface area contributed by atoms with Gasteiger partial charge in [-0.1, -0.05) is 11.8 Å². The van der Waals surface area contributed by atoms with Gasteiger partial charge in [-0.3, -0.25) is 9.78 Å². The molecule has 0 aliphatic rings. The van der Waals surface area contributed by atoms with Crippen molar-refractivity contribution < 1.29 is 13.6 Å². The lowest BCUT2D eigenvalue weighted by atomic mass is 10.1. The molecule has 0 fully saturated rings. The molecule has 1 aromatic heterocycles. The molecule has 6 heteroatoms. The summed E-state index contributed by atoms with van der Waals surface area (Å²) in [7, 11) is 0. The third-order valence-corrected chi connectivity index (χ3v) is 2.57. The number of rotatable bonds is 2. The van der Waals surface area contributed by atoms with Gasteiger partial charge >= 0.3 is 0 Å². The summed E-state index contributed by atoms with van der Waals surface area (Å²) >= 11 is 0. The maximum atomic E-state index is 13.5. The molecule has 0 saturated heterocycles. The number of benzene rings is 1. The van der Waals surface area contributed by atoms with E-state index in [4.69, 9.17) is 5.73 Å². The van der Waals surface area contributed by atoms with Crippen LogP contribution in [0.25, 0.3) is 0 Å². The van der Waals surface area contributed by atoms with Gasteiger partial charge in [0.1, 0.15) is 5.82 Å². The van der Waals surface area contributed by atoms with Crippen molar-refractivity contribution >= 4 is 11.6 Å². The highest BCUT2D eigenvalue weighted by Crippen LogP contribution is 2.16. The van der Waals surface area contributed by atoms with Crippen LogP contribution in [0.15, 0.2) is 36.7 Å². The Hall–Kier alpha value is -2.78. The molecule has 106 valence electrons. The second-order valence-corrected chi connectivity index (χ2v) is 4.01. The lowest BCUT2D eigenvalue weighted by Crippen LogP contribution is -2.15. The van der Waals surface area contributed by atoms with Gasteiger partial charge in [0.15, 0.2) is 5.82 Å². The Kier molecular flexibility index (Phi) is 4.59. The highest BCUT2D eigenvalue weighted by molar-refractivity contribution is 6.06. The molecule has 0 aliphatic carbocycles. The molecule has 21 heavy (non-hydrogen) atoms. The van der Waals surface area contributed by atoms with Crippen LogP contribution in [-0.4, -0.2) is 17.4 Å². The average molecular weight is 287 g/mol. The van der Waals surface area contributed by atoms with Crippen molar-refractivity contribution in [2.45, 2.75) is 0 Å². The van der Waals surface area contributed by atoms with Crippen molar-refractivity contribution in [2.24, 2.45) is 5.73 Å². The molecule has 3 N–H and O–H groups in total. The number of amides is 1. The Morgan fingerprint density at radius 3 is 2.86 bits per heavy atom. The molecular formula is C15H11F2N3O. The predicted octanol–water partition coefficient (Wildman–Crippen LogP) is 1.92. The number of halogens is 2. The van der Waals surface area contributed by atoms with Crippen LogP contribution in [0.3, 0.4) is 0 Å². The van der Waals surface area contributed by atoms with Crippen LogP contribution < -0.4 is 11.1 Å². The Morgan fingerprint density at radius 1 is 1.33 bits per heavy atom. The molecular weight excluding hydrogens is 276 g/mol. The first-order chi connectivity index (χ1) is 10.1. The van der Waals surface area contributed by atoms with Gasteiger partial charge in [-0.25, -0.2) is 8.78 Å². The number of nitrogens with one attached hydrogen (secondary N) is 1. The van der Waals surface area contributed by atoms with Crippen LogP contribution in [0.5, 0.6) is 0 Å². The van der Waals surface area contributed by atoms with E-state index in [-0.39, 0.29) is 17.8 Å². The fourth-order valence-corrected chi connectivity index (χ4v) is 1.63. The zero-order valence-corrected chi connectivity index (χ0v) is 10.9. The van der Waals surface area contributed by atoms with Crippen LogP contribution >= 0.6 is 0 Å². The van der Waals surface area contributed by atoms with Gasteiger partial charge in [-0.15, -0.1) is 0 Å². The molecule has 0 saturated carbocycles. The SMILES string of the molecule is NCC#Cc1ccc(F)cc1C(=O)Nc1ccncc1F. The summed E-state index contributed by atoms with van der Waals surface area (Å²) in [5.41, 5.74) is 5.55. The fourth-order valence-electron chi connectivity index (χ4n) is 1.63. The summed E-state index contributed by atoms with van der Waals surface area (Å²) in [5, 5.41) is 2.35. The first kappa shape index (κ1) is 14.6. The third kappa shape index (κ3) is 3.61. The van der Waals surface area contributed by atoms with E-state index in [1.54, 1.807) is 0 Å². The smallest absolute Gasteiger partial charge is 0.257 e. The minimum atomic E-state index is -0.683. The lowest BCUT2D eigenvalue weighted by Gasteiger charge is -2.07. The van der Waals surface area contributed by atoms with E-state index < -0.39 is 17.5 Å². The van der Waals surface area contributed by atoms with Crippen LogP contribution in [0.1, 0.15) is 15.9 Å². The van der Waals surface area contributed by atoms with E-state index >= 15 is 0 Å². The minimum absolute atomic E-state index is 0.00663. The Balaban J connectivity index is 2.34. The molecule has 0 atom stereocenters. The van der Waals surface area contributed by atoms with Gasteiger partial charge in [0.25, 0.3) is 5.91 Å². The predicted molar refractivity (Wildman–Crippen MR) is 74.5 cm³/mol. The summed E-state index contributed by atoms with van der Waals surface area (Å²) in [4.78, 5) is 15.7. The highest BCUT2D eigenvalue weighted by Gasteiger charge is 2.13. The minimum Gasteiger partial charge on any atom is -0.320 e. The number of hydrogen-bond donors (Lipinski definition) is 2. The van der Waals surface area contributed by atoms with Crippen molar-refractivity contribution in [2.75, 3.05) is 11.9 Å². The number of pyridine rings is 1. The van der Waals surface area contributed by atoms with Crippen LogP contribution in [0, 0.1) is 23.5 Å². The molecule has 2 aromatic rings. The van der Waals surface area contributed by atoms with Gasteiger partial charge < -0.3 is 11.1 Å². The first-order valence-electron chi connectivity index (χ1n) is 6.01. The summed E-state index contributed by atoms with van der Waals surface area (Å²) in [6.45, 7) is 0.109. The van der Waals surface area contributed by atoms with E-state index in [0.29, 0.717) is 5.56 Å². The Morgan fingerprint density at radius 2 is 2.14 bits per heavy atom. The second kappa shape index (κ2) is 6.59. The van der Waals surface area contributed by atoms with Gasteiger partial charge in [0, 0.05) is 11.8 Å². The largest absolute Gasteiger partial charge is 0.320 e. The van der Waals surface area contributed by atoms with Gasteiger partial charge in [-0.2, -0.15) is 0 Å². The second-order valence-electron chi connectivity index (χ2n) is 4.01. The number of carbonyl (C=O) groups is 1. The van der Waals surface area contributed by atoms with E-state index in [1.807, 2.05) is 0 Å². The number of carbonyl (C=O) groups excluding carboxylic acids is 1. The number of nitrogens with zero attached hydrogens (tertiary/aromatic N) is 1. The van der Waals surface area contributed by atoms with E-state index in [1.165, 1.54) is 24.4 Å². The maximum absolute atomic E-state index is 13.5. The molecule has 1 amide bonds. The molecule has 0 radical (unpaired) electrons. The first-order valence-corrected chi connectivity index (χ1v) is 6.01. The topological polar surface area (TPSA) is 68.0 Å². The fraction of sp³-hybridized carbons (Fsp3) is 0.0667. The standard InChI is InChI=1S/C15H11F2N3O/c16-11-4-3-10(2-1-6-18)12(8-11)15(21)20-14-5-7-19-9-13(14)17/h3-5,7-9H,6,18H2,(H,19,20,21). The average Bonchev–Trinajstić information content (AvgIpc) is 2.48. The number of anilines is 1. The van der Waals surface area contributed by atoms with Crippen molar-refractivity contribution in [3.63, 3.8) is 0 Å². The molecule has 1 heterocycles. The molecule has 0 bridgehead atoms. The van der Waals surface area contributed by atoms with Crippen LogP contribution in [0.2, 0.25) is 0 Å². The maximum Gasteiger partial charge on any atom is 0.257 e. The third-order valence-electron chi connectivity index (χ3n) is 2.57. The van der Waals surface area contributed by atoms with Crippen molar-refractivity contribution in [3.05, 3.63) is 59.4 Å². The zero-order valence-electron chi connectivity index (χ0n) is 10.9. The van der Waals surface area contributed by atoms with E-state index in [2.05, 4.69) is 22.1 Å². The van der Waals surface area contributed by atoms with Crippen LogP contribution in [0.4, 0.5) is 14.5 Å². The van der Waals surface area contributed by atoms with Gasteiger partial charge in [0.05, 0.1) is 24.0 Å². The van der Waals surface area contributed by atoms with Gasteiger partial charge in [-0.05, 0) is 24.3 Å². The van der Waals surface area contributed by atoms with Crippen molar-refractivity contribution in [1.29, 1.82) is 0 Å². The molecule has 1 aromatic carbocycles. The number of hydrogen-bond acceptors (Lipinski definition) is 3. The summed E-state index contributed by atoms with van der Waals surface area (Å²) in [6, 6.07) is 4.90. The summed E-state index contributed by atoms with van der Waals surface area (Å²) in [6.07, 6.45) is 2.30. The normalized spacial score (nSPS) is 9.67. The molecule has 0 spiro atoms. The zero-order chi connectivity index (χ0) is 15.2. The molecule has 4 nitrogen and oxygen atoms in total. The van der Waals surface area contributed by atoms with E-state index in [9.17, 15) is 13.6 Å². The Labute approximate surface area is 120 Å². The van der Waals surface area contributed by atoms with Crippen molar-refractivity contribution in [1.82, 2.24) is 4.98 Å². The van der Waals surface area contributed by atoms with Crippen LogP contribution in [-0.2, 0) is 0 Å². The molecule has 0 unspecified atom stereocenters. The number of aromatic nitrogens is 1. The summed E-state index contributed by atoms with van der Waals surface area (Å²) in [5.74, 6) is 3.32.